The first-order chi connectivity index (χ1) is 9.20. The Kier molecular flexibility index (Phi) is 2.63. The molecule has 3 aromatic rings. The number of nitrogens with one attached hydrogen (secondary N) is 1. The van der Waals surface area contributed by atoms with Crippen molar-refractivity contribution in [3.8, 4) is 17.0 Å². The van der Waals surface area contributed by atoms with Gasteiger partial charge in [-0.15, -0.1) is 0 Å². The number of hydrogen-bond acceptors (Lipinski definition) is 3. The number of ether oxygens (including phenoxy) is 1. The molecular weight excluding hydrogens is 238 g/mol. The summed E-state index contributed by atoms with van der Waals surface area (Å²) < 4.78 is 5.45. The van der Waals surface area contributed by atoms with Crippen LogP contribution in [0.25, 0.3) is 22.2 Å². The average Bonchev–Trinajstić information content (AvgIpc) is 2.75. The number of aromatic nitrogens is 2. The van der Waals surface area contributed by atoms with Gasteiger partial charge in [-0.1, -0.05) is 6.07 Å². The molecule has 0 saturated heterocycles. The molecule has 0 radical (unpaired) electrons. The number of nitrogen functional groups attached to an aromatic ring is 1. The monoisotopic (exact) mass is 253 g/mol. The molecule has 0 aliphatic heterocycles. The molecule has 0 spiro atoms. The Morgan fingerprint density at radius 2 is 2.05 bits per heavy atom. The molecule has 0 atom stereocenters. The Morgan fingerprint density at radius 3 is 2.74 bits per heavy atom. The van der Waals surface area contributed by atoms with E-state index in [1.807, 2.05) is 37.3 Å². The molecule has 19 heavy (non-hydrogen) atoms. The first kappa shape index (κ1) is 11.6. The molecule has 4 heteroatoms. The number of rotatable bonds is 2. The van der Waals surface area contributed by atoms with Crippen molar-refractivity contribution in [3.05, 3.63) is 42.2 Å². The van der Waals surface area contributed by atoms with Crippen LogP contribution in [0.15, 0.2) is 36.5 Å². The first-order valence-electron chi connectivity index (χ1n) is 6.08. The van der Waals surface area contributed by atoms with Gasteiger partial charge in [0.1, 0.15) is 5.75 Å². The number of benzene rings is 1. The van der Waals surface area contributed by atoms with Crippen LogP contribution >= 0.6 is 0 Å². The Balaban J connectivity index is 2.33. The van der Waals surface area contributed by atoms with Crippen molar-refractivity contribution in [1.82, 2.24) is 9.97 Å². The molecule has 0 bridgehead atoms. The van der Waals surface area contributed by atoms with Crippen LogP contribution in [-0.2, 0) is 0 Å². The van der Waals surface area contributed by atoms with Crippen LogP contribution < -0.4 is 10.5 Å². The number of aryl methyl sites for hydroxylation is 1. The van der Waals surface area contributed by atoms with Gasteiger partial charge in [-0.2, -0.15) is 0 Å². The summed E-state index contributed by atoms with van der Waals surface area (Å²) in [5, 5.41) is 1.06. The lowest BCUT2D eigenvalue weighted by Crippen LogP contribution is -1.90. The molecule has 3 rings (SSSR count). The largest absolute Gasteiger partial charge is 0.496 e. The molecule has 0 amide bonds. The van der Waals surface area contributed by atoms with Crippen LogP contribution in [0.3, 0.4) is 0 Å². The van der Waals surface area contributed by atoms with Crippen molar-refractivity contribution in [2.45, 2.75) is 6.92 Å². The van der Waals surface area contributed by atoms with Gasteiger partial charge in [-0.05, 0) is 31.2 Å². The summed E-state index contributed by atoms with van der Waals surface area (Å²) in [5.74, 6) is 0.843. The van der Waals surface area contributed by atoms with Crippen LogP contribution in [0.1, 0.15) is 5.69 Å². The Morgan fingerprint density at radius 1 is 1.21 bits per heavy atom. The van der Waals surface area contributed by atoms with E-state index in [0.29, 0.717) is 5.69 Å². The Bertz CT molecular complexity index is 729. The highest BCUT2D eigenvalue weighted by atomic mass is 16.5. The predicted molar refractivity (Wildman–Crippen MR) is 77.2 cm³/mol. The second-order valence-electron chi connectivity index (χ2n) is 4.48. The molecule has 0 fully saturated rings. The summed E-state index contributed by atoms with van der Waals surface area (Å²) in [6.07, 6.45) is 1.67. The number of anilines is 1. The van der Waals surface area contributed by atoms with Crippen LogP contribution in [0.2, 0.25) is 0 Å². The fraction of sp³-hybridized carbons (Fsp3) is 0.133. The molecule has 2 aromatic heterocycles. The normalized spacial score (nSPS) is 10.8. The lowest BCUT2D eigenvalue weighted by Gasteiger charge is -2.05. The van der Waals surface area contributed by atoms with Crippen molar-refractivity contribution in [2.75, 3.05) is 12.8 Å². The molecule has 0 unspecified atom stereocenters. The highest BCUT2D eigenvalue weighted by molar-refractivity contribution is 6.00. The zero-order valence-electron chi connectivity index (χ0n) is 10.9. The van der Waals surface area contributed by atoms with E-state index >= 15 is 0 Å². The summed E-state index contributed by atoms with van der Waals surface area (Å²) in [6, 6.07) is 9.74. The van der Waals surface area contributed by atoms with Crippen LogP contribution in [0.4, 0.5) is 5.69 Å². The van der Waals surface area contributed by atoms with Crippen molar-refractivity contribution < 1.29 is 4.74 Å². The number of aromatic amines is 1. The van der Waals surface area contributed by atoms with Crippen LogP contribution in [-0.4, -0.2) is 17.1 Å². The van der Waals surface area contributed by atoms with Gasteiger partial charge in [0, 0.05) is 11.3 Å². The minimum absolute atomic E-state index is 0.660. The standard InChI is InChI=1S/C15H15N3O/c1-9-14(11-7-6-10(16)8-17-11)15-12(18-9)4-3-5-13(15)19-2/h3-8,18H,16H2,1-2H3. The highest BCUT2D eigenvalue weighted by Crippen LogP contribution is 2.36. The highest BCUT2D eigenvalue weighted by Gasteiger charge is 2.15. The van der Waals surface area contributed by atoms with Gasteiger partial charge in [0.2, 0.25) is 0 Å². The maximum Gasteiger partial charge on any atom is 0.128 e. The predicted octanol–water partition coefficient (Wildman–Crippen LogP) is 3.13. The summed E-state index contributed by atoms with van der Waals surface area (Å²) in [6.45, 7) is 2.03. The second kappa shape index (κ2) is 4.31. The quantitative estimate of drug-likeness (QED) is 0.737. The maximum atomic E-state index is 5.69. The molecule has 1 aromatic carbocycles. The van der Waals surface area contributed by atoms with Gasteiger partial charge in [0.15, 0.2) is 0 Å². The van der Waals surface area contributed by atoms with E-state index in [4.69, 9.17) is 10.5 Å². The lowest BCUT2D eigenvalue weighted by atomic mass is 10.1. The van der Waals surface area contributed by atoms with E-state index < -0.39 is 0 Å². The number of H-pyrrole nitrogens is 1. The zero-order chi connectivity index (χ0) is 13.4. The smallest absolute Gasteiger partial charge is 0.128 e. The number of nitrogens with two attached hydrogens (primary N) is 1. The summed E-state index contributed by atoms with van der Waals surface area (Å²) in [4.78, 5) is 7.77. The van der Waals surface area contributed by atoms with Gasteiger partial charge < -0.3 is 15.5 Å². The molecule has 4 nitrogen and oxygen atoms in total. The van der Waals surface area contributed by atoms with Crippen LogP contribution in [0, 0.1) is 6.92 Å². The van der Waals surface area contributed by atoms with Gasteiger partial charge >= 0.3 is 0 Å². The fourth-order valence-corrected chi connectivity index (χ4v) is 2.39. The third kappa shape index (κ3) is 1.81. The van der Waals surface area contributed by atoms with Gasteiger partial charge in [0.25, 0.3) is 0 Å². The third-order valence-electron chi connectivity index (χ3n) is 3.24. The molecule has 96 valence electrons. The third-order valence-corrected chi connectivity index (χ3v) is 3.24. The second-order valence-corrected chi connectivity index (χ2v) is 4.48. The molecule has 3 N–H and O–H groups in total. The molecule has 2 heterocycles. The Hall–Kier alpha value is -2.49. The molecule has 0 aliphatic rings. The lowest BCUT2D eigenvalue weighted by molar-refractivity contribution is 0.420. The van der Waals surface area contributed by atoms with Crippen molar-refractivity contribution in [2.24, 2.45) is 0 Å². The summed E-state index contributed by atoms with van der Waals surface area (Å²) >= 11 is 0. The summed E-state index contributed by atoms with van der Waals surface area (Å²) in [5.41, 5.74) is 10.4. The topological polar surface area (TPSA) is 63.9 Å². The van der Waals surface area contributed by atoms with Crippen molar-refractivity contribution >= 4 is 16.6 Å². The number of nitrogens with zero attached hydrogens (tertiary/aromatic N) is 1. The van der Waals surface area contributed by atoms with Gasteiger partial charge in [-0.25, -0.2) is 0 Å². The van der Waals surface area contributed by atoms with Crippen LogP contribution in [0.5, 0.6) is 5.75 Å². The molecule has 0 saturated carbocycles. The minimum Gasteiger partial charge on any atom is -0.496 e. The number of pyridine rings is 1. The molecule has 0 aliphatic carbocycles. The van der Waals surface area contributed by atoms with Gasteiger partial charge in [0.05, 0.1) is 35.6 Å². The first-order valence-corrected chi connectivity index (χ1v) is 6.08. The SMILES string of the molecule is COc1cccc2[nH]c(C)c(-c3ccc(N)cn3)c12. The van der Waals surface area contributed by atoms with E-state index in [1.165, 1.54) is 0 Å². The van der Waals surface area contributed by atoms with Crippen molar-refractivity contribution in [3.63, 3.8) is 0 Å². The van der Waals surface area contributed by atoms with Gasteiger partial charge in [-0.3, -0.25) is 4.98 Å². The number of hydrogen-bond donors (Lipinski definition) is 2. The minimum atomic E-state index is 0.660. The maximum absolute atomic E-state index is 5.69. The van der Waals surface area contributed by atoms with E-state index in [9.17, 15) is 0 Å². The fourth-order valence-electron chi connectivity index (χ4n) is 2.39. The Labute approximate surface area is 111 Å². The van der Waals surface area contributed by atoms with E-state index in [0.717, 1.165) is 33.6 Å². The zero-order valence-corrected chi connectivity index (χ0v) is 10.9. The summed E-state index contributed by atoms with van der Waals surface area (Å²) in [7, 11) is 1.68. The van der Waals surface area contributed by atoms with E-state index in [1.54, 1.807) is 13.3 Å². The molecular formula is C15H15N3O. The number of methoxy groups -OCH3 is 1. The van der Waals surface area contributed by atoms with E-state index in [2.05, 4.69) is 9.97 Å². The average molecular weight is 253 g/mol. The van der Waals surface area contributed by atoms with E-state index in [-0.39, 0.29) is 0 Å². The van der Waals surface area contributed by atoms with Crippen molar-refractivity contribution in [1.29, 1.82) is 0 Å². The number of fused-ring (bicyclic) bond motifs is 1.